The molecule has 20 heavy (non-hydrogen) atoms. The van der Waals surface area contributed by atoms with Crippen LogP contribution >= 0.6 is 11.8 Å². The second-order valence-corrected chi connectivity index (χ2v) is 7.33. The Kier molecular flexibility index (Phi) is 7.80. The average molecular weight is 302 g/mol. The number of carboxylic acids is 1. The number of rotatable bonds is 7. The molecule has 0 aromatic rings. The molecule has 2 amide bonds. The number of carbonyl (C=O) groups excluding carboxylic acids is 1. The summed E-state index contributed by atoms with van der Waals surface area (Å²) in [6.45, 7) is 6.63. The summed E-state index contributed by atoms with van der Waals surface area (Å²) in [6, 6.07) is 0.0366. The lowest BCUT2D eigenvalue weighted by atomic mass is 10.1. The van der Waals surface area contributed by atoms with E-state index in [-0.39, 0.29) is 12.5 Å². The predicted octanol–water partition coefficient (Wildman–Crippen LogP) is 2.56. The van der Waals surface area contributed by atoms with E-state index in [0.29, 0.717) is 17.0 Å². The van der Waals surface area contributed by atoms with Crippen molar-refractivity contribution < 1.29 is 14.7 Å². The predicted molar refractivity (Wildman–Crippen MR) is 82.2 cm³/mol. The maximum absolute atomic E-state index is 12.0. The second-order valence-electron chi connectivity index (χ2n) is 5.45. The van der Waals surface area contributed by atoms with Gasteiger partial charge in [-0.25, -0.2) is 4.79 Å². The van der Waals surface area contributed by atoms with E-state index in [4.69, 9.17) is 5.11 Å². The number of hydrogen-bond donors (Lipinski definition) is 2. The number of thioether (sulfide) groups is 1. The molecule has 116 valence electrons. The molecular formula is C14H26N2O3S. The van der Waals surface area contributed by atoms with Crippen LogP contribution in [0.5, 0.6) is 0 Å². The highest BCUT2D eigenvalue weighted by atomic mass is 32.2. The molecule has 0 aromatic carbocycles. The third-order valence-electron chi connectivity index (χ3n) is 3.30. The number of aliphatic carboxylic acids is 1. The first-order chi connectivity index (χ1) is 9.49. The Balaban J connectivity index is 2.06. The van der Waals surface area contributed by atoms with Crippen molar-refractivity contribution in [1.29, 1.82) is 0 Å². The van der Waals surface area contributed by atoms with Crippen LogP contribution in [0, 0.1) is 0 Å². The largest absolute Gasteiger partial charge is 0.481 e. The Hall–Kier alpha value is -0.910. The molecule has 2 N–H and O–H groups in total. The fourth-order valence-corrected chi connectivity index (χ4v) is 3.73. The first-order valence-corrected chi connectivity index (χ1v) is 8.33. The highest BCUT2D eigenvalue weighted by molar-refractivity contribution is 8.00. The Bertz CT molecular complexity index is 316. The minimum Gasteiger partial charge on any atom is -0.481 e. The Morgan fingerprint density at radius 3 is 2.35 bits per heavy atom. The molecule has 0 spiro atoms. The molecular weight excluding hydrogens is 276 g/mol. The van der Waals surface area contributed by atoms with Gasteiger partial charge in [0, 0.05) is 36.6 Å². The standard InChI is InChI=1S/C14H26N2O3S/c1-11-9-16(10-12(2)20-11)14(19)15-8-6-4-3-5-7-13(17)18/h11-12H,3-10H2,1-2H3,(H,15,19)(H,17,18). The molecule has 0 radical (unpaired) electrons. The van der Waals surface area contributed by atoms with Gasteiger partial charge in [0.15, 0.2) is 0 Å². The maximum Gasteiger partial charge on any atom is 0.317 e. The normalized spacial score (nSPS) is 22.6. The fourth-order valence-electron chi connectivity index (χ4n) is 2.41. The van der Waals surface area contributed by atoms with E-state index in [2.05, 4.69) is 19.2 Å². The summed E-state index contributed by atoms with van der Waals surface area (Å²) >= 11 is 1.93. The van der Waals surface area contributed by atoms with Gasteiger partial charge < -0.3 is 15.3 Å². The van der Waals surface area contributed by atoms with E-state index in [9.17, 15) is 9.59 Å². The van der Waals surface area contributed by atoms with Crippen molar-refractivity contribution in [2.24, 2.45) is 0 Å². The SMILES string of the molecule is CC1CN(C(=O)NCCCCCCC(=O)O)CC(C)S1. The van der Waals surface area contributed by atoms with Crippen molar-refractivity contribution >= 4 is 23.8 Å². The fraction of sp³-hybridized carbons (Fsp3) is 0.857. The highest BCUT2D eigenvalue weighted by Crippen LogP contribution is 2.24. The summed E-state index contributed by atoms with van der Waals surface area (Å²) in [4.78, 5) is 24.2. The zero-order chi connectivity index (χ0) is 15.0. The molecule has 2 atom stereocenters. The van der Waals surface area contributed by atoms with Gasteiger partial charge in [-0.05, 0) is 12.8 Å². The van der Waals surface area contributed by atoms with Crippen LogP contribution in [0.3, 0.4) is 0 Å². The lowest BCUT2D eigenvalue weighted by molar-refractivity contribution is -0.137. The van der Waals surface area contributed by atoms with Crippen LogP contribution in [-0.2, 0) is 4.79 Å². The molecule has 1 heterocycles. The summed E-state index contributed by atoms with van der Waals surface area (Å²) in [5.74, 6) is -0.732. The van der Waals surface area contributed by atoms with Crippen LogP contribution in [-0.4, -0.2) is 52.1 Å². The molecule has 1 saturated heterocycles. The van der Waals surface area contributed by atoms with Gasteiger partial charge in [0.1, 0.15) is 0 Å². The first-order valence-electron chi connectivity index (χ1n) is 7.39. The van der Waals surface area contributed by atoms with Gasteiger partial charge in [0.2, 0.25) is 0 Å². The van der Waals surface area contributed by atoms with Gasteiger partial charge in [-0.15, -0.1) is 0 Å². The summed E-state index contributed by atoms with van der Waals surface area (Å²) in [6.07, 6.45) is 3.76. The molecule has 1 rings (SSSR count). The van der Waals surface area contributed by atoms with Crippen LogP contribution in [0.15, 0.2) is 0 Å². The zero-order valence-corrected chi connectivity index (χ0v) is 13.2. The number of carboxylic acid groups (broad SMARTS) is 1. The van der Waals surface area contributed by atoms with E-state index in [0.717, 1.165) is 38.8 Å². The number of unbranched alkanes of at least 4 members (excludes halogenated alkanes) is 3. The topological polar surface area (TPSA) is 69.6 Å². The van der Waals surface area contributed by atoms with Crippen LogP contribution in [0.25, 0.3) is 0 Å². The monoisotopic (exact) mass is 302 g/mol. The maximum atomic E-state index is 12.0. The van der Waals surface area contributed by atoms with Crippen LogP contribution < -0.4 is 5.32 Å². The summed E-state index contributed by atoms with van der Waals surface area (Å²) in [7, 11) is 0. The van der Waals surface area contributed by atoms with E-state index in [1.165, 1.54) is 0 Å². The van der Waals surface area contributed by atoms with Crippen molar-refractivity contribution in [2.75, 3.05) is 19.6 Å². The van der Waals surface area contributed by atoms with Crippen molar-refractivity contribution in [3.05, 3.63) is 0 Å². The third-order valence-corrected chi connectivity index (χ3v) is 4.53. The van der Waals surface area contributed by atoms with Crippen molar-refractivity contribution in [2.45, 2.75) is 56.5 Å². The minimum absolute atomic E-state index is 0.0366. The summed E-state index contributed by atoms with van der Waals surface area (Å²) in [5.41, 5.74) is 0. The average Bonchev–Trinajstić information content (AvgIpc) is 2.35. The van der Waals surface area contributed by atoms with E-state index < -0.39 is 5.97 Å². The van der Waals surface area contributed by atoms with E-state index >= 15 is 0 Å². The molecule has 0 aromatic heterocycles. The van der Waals surface area contributed by atoms with E-state index in [1.54, 1.807) is 0 Å². The Morgan fingerprint density at radius 2 is 1.75 bits per heavy atom. The lowest BCUT2D eigenvalue weighted by Gasteiger charge is -2.34. The number of urea groups is 1. The molecule has 1 fully saturated rings. The molecule has 2 unspecified atom stereocenters. The van der Waals surface area contributed by atoms with E-state index in [1.807, 2.05) is 16.7 Å². The molecule has 6 heteroatoms. The van der Waals surface area contributed by atoms with Gasteiger partial charge >= 0.3 is 12.0 Å². The number of nitrogens with zero attached hydrogens (tertiary/aromatic N) is 1. The van der Waals surface area contributed by atoms with Gasteiger partial charge in [0.25, 0.3) is 0 Å². The number of amides is 2. The van der Waals surface area contributed by atoms with Crippen LogP contribution in [0.1, 0.15) is 46.0 Å². The van der Waals surface area contributed by atoms with Gasteiger partial charge in [-0.3, -0.25) is 4.79 Å². The van der Waals surface area contributed by atoms with Crippen molar-refractivity contribution in [3.63, 3.8) is 0 Å². The number of hydrogen-bond acceptors (Lipinski definition) is 3. The molecule has 0 bridgehead atoms. The highest BCUT2D eigenvalue weighted by Gasteiger charge is 2.25. The first kappa shape index (κ1) is 17.1. The van der Waals surface area contributed by atoms with Gasteiger partial charge in [-0.2, -0.15) is 11.8 Å². The Labute approximate surface area is 125 Å². The molecule has 0 aliphatic carbocycles. The minimum atomic E-state index is -0.732. The van der Waals surface area contributed by atoms with Gasteiger partial charge in [0.05, 0.1) is 0 Å². The third kappa shape index (κ3) is 7.03. The number of carbonyl (C=O) groups is 2. The quantitative estimate of drug-likeness (QED) is 0.709. The Morgan fingerprint density at radius 1 is 1.15 bits per heavy atom. The summed E-state index contributed by atoms with van der Waals surface area (Å²) < 4.78 is 0. The van der Waals surface area contributed by atoms with Crippen molar-refractivity contribution in [3.8, 4) is 0 Å². The molecule has 1 aliphatic heterocycles. The second kappa shape index (κ2) is 9.10. The van der Waals surface area contributed by atoms with Crippen molar-refractivity contribution in [1.82, 2.24) is 10.2 Å². The zero-order valence-electron chi connectivity index (χ0n) is 12.4. The number of nitrogens with one attached hydrogen (secondary N) is 1. The summed E-state index contributed by atoms with van der Waals surface area (Å²) in [5, 5.41) is 12.5. The smallest absolute Gasteiger partial charge is 0.317 e. The lowest BCUT2D eigenvalue weighted by Crippen LogP contribution is -2.48. The molecule has 5 nitrogen and oxygen atoms in total. The molecule has 0 saturated carbocycles. The van der Waals surface area contributed by atoms with Gasteiger partial charge in [-0.1, -0.05) is 26.7 Å². The molecule has 1 aliphatic rings. The van der Waals surface area contributed by atoms with Crippen LogP contribution in [0.2, 0.25) is 0 Å². The van der Waals surface area contributed by atoms with Crippen LogP contribution in [0.4, 0.5) is 4.79 Å².